The summed E-state index contributed by atoms with van der Waals surface area (Å²) in [6, 6.07) is 7.28. The molecule has 6 rings (SSSR count). The fourth-order valence-electron chi connectivity index (χ4n) is 6.48. The Bertz CT molecular complexity index is 1270. The van der Waals surface area contributed by atoms with E-state index in [-0.39, 0.29) is 60.8 Å². The first-order chi connectivity index (χ1) is 19.5. The molecule has 1 unspecified atom stereocenters. The number of amides is 1. The monoisotopic (exact) mass is 554 g/mol. The van der Waals surface area contributed by atoms with Crippen LogP contribution in [0.4, 0.5) is 0 Å². The highest BCUT2D eigenvalue weighted by Gasteiger charge is 2.52. The summed E-state index contributed by atoms with van der Waals surface area (Å²) < 4.78 is 33.3. The van der Waals surface area contributed by atoms with Gasteiger partial charge in [-0.3, -0.25) is 14.5 Å². The smallest absolute Gasteiger partial charge is 0.310 e. The number of cyclic esters (lactones) is 1. The van der Waals surface area contributed by atoms with E-state index in [1.54, 1.807) is 12.1 Å². The van der Waals surface area contributed by atoms with Crippen LogP contribution in [-0.4, -0.2) is 88.9 Å². The largest absolute Gasteiger partial charge is 0.502 e. The zero-order valence-corrected chi connectivity index (χ0v) is 22.6. The summed E-state index contributed by atoms with van der Waals surface area (Å²) in [6.45, 7) is 4.75. The van der Waals surface area contributed by atoms with Gasteiger partial charge in [0.05, 0.1) is 40.0 Å². The van der Waals surface area contributed by atoms with Gasteiger partial charge in [-0.15, -0.1) is 0 Å². The van der Waals surface area contributed by atoms with E-state index in [2.05, 4.69) is 10.2 Å². The molecular weight excluding hydrogens is 520 g/mol. The van der Waals surface area contributed by atoms with Gasteiger partial charge in [-0.05, 0) is 46.9 Å². The second-order valence-electron chi connectivity index (χ2n) is 10.5. The van der Waals surface area contributed by atoms with Crippen molar-refractivity contribution in [2.24, 2.45) is 11.8 Å². The first-order valence-electron chi connectivity index (χ1n) is 13.6. The number of morpholine rings is 1. The van der Waals surface area contributed by atoms with E-state index in [4.69, 9.17) is 28.4 Å². The zero-order valence-electron chi connectivity index (χ0n) is 22.6. The zero-order chi connectivity index (χ0) is 27.8. The number of phenols is 1. The van der Waals surface area contributed by atoms with Gasteiger partial charge in [0, 0.05) is 44.4 Å². The van der Waals surface area contributed by atoms with Crippen molar-refractivity contribution in [2.75, 3.05) is 67.0 Å². The highest BCUT2D eigenvalue weighted by molar-refractivity contribution is 5.81. The molecule has 2 saturated heterocycles. The molecule has 0 saturated carbocycles. The van der Waals surface area contributed by atoms with Crippen LogP contribution in [0.1, 0.15) is 34.9 Å². The van der Waals surface area contributed by atoms with Gasteiger partial charge in [0.15, 0.2) is 23.0 Å². The molecule has 4 aliphatic rings. The van der Waals surface area contributed by atoms with Crippen molar-refractivity contribution < 1.29 is 43.1 Å². The molecule has 3 heterocycles. The van der Waals surface area contributed by atoms with E-state index in [0.29, 0.717) is 31.3 Å². The van der Waals surface area contributed by atoms with Crippen LogP contribution in [0.15, 0.2) is 24.3 Å². The summed E-state index contributed by atoms with van der Waals surface area (Å²) >= 11 is 0. The molecule has 0 spiro atoms. The number of hydrogen-bond acceptors (Lipinski definition) is 10. The van der Waals surface area contributed by atoms with Crippen LogP contribution in [0.3, 0.4) is 0 Å². The Labute approximate surface area is 232 Å². The van der Waals surface area contributed by atoms with Crippen LogP contribution in [0.25, 0.3) is 0 Å². The third-order valence-electron chi connectivity index (χ3n) is 8.46. The fraction of sp³-hybridized carbons (Fsp3) is 0.517. The molecule has 0 radical (unpaired) electrons. The van der Waals surface area contributed by atoms with Crippen LogP contribution >= 0.6 is 0 Å². The second kappa shape index (κ2) is 11.1. The Balaban J connectivity index is 1.35. The average molecular weight is 555 g/mol. The van der Waals surface area contributed by atoms with Crippen molar-refractivity contribution >= 4 is 11.9 Å². The molecule has 4 atom stereocenters. The SMILES string of the molecule is COc1cc([C@@H]2c3cc4c(cc3[C@@H](CC(=O)NCCN3CCOCC3)C3COC(=O)[C@@H]32)OCO4)cc(OC)c1O. The second-order valence-corrected chi connectivity index (χ2v) is 10.5. The lowest BCUT2D eigenvalue weighted by atomic mass is 9.62. The van der Waals surface area contributed by atoms with Crippen molar-refractivity contribution in [3.05, 3.63) is 41.0 Å². The van der Waals surface area contributed by atoms with Gasteiger partial charge in [0.2, 0.25) is 18.4 Å². The Morgan fingerprint density at radius 3 is 2.38 bits per heavy atom. The predicted molar refractivity (Wildman–Crippen MR) is 141 cm³/mol. The van der Waals surface area contributed by atoms with Crippen molar-refractivity contribution in [3.63, 3.8) is 0 Å². The molecule has 2 aromatic rings. The quantitative estimate of drug-likeness (QED) is 0.468. The number of methoxy groups -OCH3 is 2. The standard InChI is InChI=1S/C29H34N2O9/c1-35-23-9-16(10-24(36-2)28(23)33)26-19-12-22-21(39-15-40-22)11-17(19)18(20-14-38-29(34)27(20)26)13-25(32)30-3-4-31-5-7-37-8-6-31/h9-12,18,20,26-27,33H,3-8,13-15H2,1-2H3,(H,30,32)/t18-,20?,26-,27+/m1/s1. The van der Waals surface area contributed by atoms with Crippen LogP contribution in [0.5, 0.6) is 28.7 Å². The number of hydrogen-bond donors (Lipinski definition) is 2. The van der Waals surface area contributed by atoms with E-state index in [9.17, 15) is 14.7 Å². The van der Waals surface area contributed by atoms with Crippen LogP contribution in [0, 0.1) is 11.8 Å². The number of phenolic OH excluding ortho intramolecular Hbond substituents is 1. The number of ether oxygens (including phenoxy) is 6. The van der Waals surface area contributed by atoms with Gasteiger partial charge in [0.1, 0.15) is 0 Å². The molecule has 40 heavy (non-hydrogen) atoms. The lowest BCUT2D eigenvalue weighted by Crippen LogP contribution is -2.42. The normalized spacial score (nSPS) is 25.1. The molecule has 2 aromatic carbocycles. The molecule has 3 aliphatic heterocycles. The maximum absolute atomic E-state index is 13.3. The molecule has 2 fully saturated rings. The third kappa shape index (κ3) is 4.77. The van der Waals surface area contributed by atoms with Crippen molar-refractivity contribution in [1.29, 1.82) is 0 Å². The molecule has 1 amide bonds. The highest BCUT2D eigenvalue weighted by Crippen LogP contribution is 2.56. The molecule has 2 N–H and O–H groups in total. The minimum absolute atomic E-state index is 0.0774. The summed E-state index contributed by atoms with van der Waals surface area (Å²) in [4.78, 5) is 28.8. The number of carbonyl (C=O) groups excluding carboxylic acids is 2. The minimum atomic E-state index is -0.544. The van der Waals surface area contributed by atoms with Gasteiger partial charge in [-0.1, -0.05) is 0 Å². The van der Waals surface area contributed by atoms with E-state index in [0.717, 1.165) is 36.3 Å². The van der Waals surface area contributed by atoms with E-state index < -0.39 is 11.8 Å². The summed E-state index contributed by atoms with van der Waals surface area (Å²) in [7, 11) is 2.93. The lowest BCUT2D eigenvalue weighted by molar-refractivity contribution is -0.141. The maximum atomic E-state index is 13.3. The minimum Gasteiger partial charge on any atom is -0.502 e. The first-order valence-corrected chi connectivity index (χ1v) is 13.6. The molecule has 11 nitrogen and oxygen atoms in total. The van der Waals surface area contributed by atoms with Gasteiger partial charge >= 0.3 is 5.97 Å². The highest BCUT2D eigenvalue weighted by atomic mass is 16.7. The van der Waals surface area contributed by atoms with Crippen molar-refractivity contribution in [3.8, 4) is 28.7 Å². The number of esters is 1. The number of aromatic hydroxyl groups is 1. The Kier molecular flexibility index (Phi) is 7.33. The molecule has 11 heteroatoms. The number of carbonyl (C=O) groups is 2. The van der Waals surface area contributed by atoms with Gasteiger partial charge in [0.25, 0.3) is 0 Å². The lowest BCUT2D eigenvalue weighted by Gasteiger charge is -2.39. The predicted octanol–water partition coefficient (Wildman–Crippen LogP) is 1.99. The number of rotatable bonds is 8. The summed E-state index contributed by atoms with van der Waals surface area (Å²) in [5.41, 5.74) is 2.50. The number of nitrogens with zero attached hydrogens (tertiary/aromatic N) is 1. The average Bonchev–Trinajstić information content (AvgIpc) is 3.59. The topological polar surface area (TPSA) is 125 Å². The molecule has 1 aliphatic carbocycles. The summed E-state index contributed by atoms with van der Waals surface area (Å²) in [5, 5.41) is 13.6. The van der Waals surface area contributed by atoms with Crippen molar-refractivity contribution in [2.45, 2.75) is 18.3 Å². The Morgan fingerprint density at radius 1 is 1.02 bits per heavy atom. The van der Waals surface area contributed by atoms with Gasteiger partial charge in [-0.25, -0.2) is 0 Å². The molecule has 214 valence electrons. The van der Waals surface area contributed by atoms with Crippen LogP contribution in [0.2, 0.25) is 0 Å². The summed E-state index contributed by atoms with van der Waals surface area (Å²) in [5.74, 6) is -0.322. The maximum Gasteiger partial charge on any atom is 0.310 e. The number of fused-ring (bicyclic) bond motifs is 3. The van der Waals surface area contributed by atoms with Crippen molar-refractivity contribution in [1.82, 2.24) is 10.2 Å². The van der Waals surface area contributed by atoms with E-state index >= 15 is 0 Å². The van der Waals surface area contributed by atoms with Crippen LogP contribution in [-0.2, 0) is 19.1 Å². The third-order valence-corrected chi connectivity index (χ3v) is 8.46. The number of benzene rings is 2. The van der Waals surface area contributed by atoms with Gasteiger partial charge < -0.3 is 38.8 Å². The first kappa shape index (κ1) is 26.5. The molecule has 0 aromatic heterocycles. The van der Waals surface area contributed by atoms with Crippen LogP contribution < -0.4 is 24.3 Å². The Morgan fingerprint density at radius 2 is 1.70 bits per heavy atom. The molecule has 0 bridgehead atoms. The molecular formula is C29H34N2O9. The number of nitrogens with one attached hydrogen (secondary N) is 1. The van der Waals surface area contributed by atoms with E-state index in [1.165, 1.54) is 14.2 Å². The van der Waals surface area contributed by atoms with E-state index in [1.807, 2.05) is 12.1 Å². The van der Waals surface area contributed by atoms with Gasteiger partial charge in [-0.2, -0.15) is 0 Å². The summed E-state index contributed by atoms with van der Waals surface area (Å²) in [6.07, 6.45) is 0.211. The Hall–Kier alpha value is -3.70. The fourth-order valence-corrected chi connectivity index (χ4v) is 6.48.